The number of hydrogen-bond donors (Lipinski definition) is 0. The Morgan fingerprint density at radius 3 is 1.52 bits per heavy atom. The molecule has 6 nitrogen and oxygen atoms in total. The number of aromatic nitrogens is 4. The second-order valence-electron chi connectivity index (χ2n) is 18.0. The van der Waals surface area contributed by atoms with Crippen LogP contribution in [0, 0.1) is 0 Å². The third-order valence-electron chi connectivity index (χ3n) is 14.0. The van der Waals surface area contributed by atoms with Crippen molar-refractivity contribution >= 4 is 98.0 Å². The highest BCUT2D eigenvalue weighted by Crippen LogP contribution is 2.43. The molecule has 0 amide bonds. The number of benzene rings is 11. The van der Waals surface area contributed by atoms with Gasteiger partial charge in [0.25, 0.3) is 0 Å². The van der Waals surface area contributed by atoms with Crippen LogP contribution in [-0.4, -0.2) is 19.5 Å². The minimum atomic E-state index is 0.544. The fraction of sp³-hybridized carbons (Fsp3) is 0. The van der Waals surface area contributed by atoms with Gasteiger partial charge in [-0.1, -0.05) is 146 Å². The van der Waals surface area contributed by atoms with Crippen LogP contribution in [0.1, 0.15) is 0 Å². The summed E-state index contributed by atoms with van der Waals surface area (Å²) in [5.41, 5.74) is 11.4. The molecule has 6 heteroatoms. The Balaban J connectivity index is 1.01. The van der Waals surface area contributed by atoms with Crippen molar-refractivity contribution in [2.45, 2.75) is 0 Å². The minimum absolute atomic E-state index is 0.544. The van der Waals surface area contributed by atoms with Crippen LogP contribution in [0.4, 0.5) is 0 Å². The SMILES string of the molecule is c1ccc(-c2ccc(-c3nc(-c4ccc5oc6ccccc6c5c4)nc(-c4cc5oc6ccccc6c5c5ccc(-n6c7cc8ccccc8cc7c7cc8ccccc8cc76)cc45)n3)cc2)cc1. The summed E-state index contributed by atoms with van der Waals surface area (Å²) in [7, 11) is 0. The zero-order chi connectivity index (χ0) is 45.2. The van der Waals surface area contributed by atoms with Gasteiger partial charge in [-0.3, -0.25) is 0 Å². The summed E-state index contributed by atoms with van der Waals surface area (Å²) in [4.78, 5) is 16.0. The average Bonchev–Trinajstić information content (AvgIpc) is 4.08. The Labute approximate surface area is 394 Å². The van der Waals surface area contributed by atoms with E-state index in [-0.39, 0.29) is 0 Å². The van der Waals surface area contributed by atoms with Gasteiger partial charge < -0.3 is 13.4 Å². The maximum absolute atomic E-state index is 6.70. The molecule has 0 aliphatic carbocycles. The largest absolute Gasteiger partial charge is 0.456 e. The highest BCUT2D eigenvalue weighted by molar-refractivity contribution is 6.23. The van der Waals surface area contributed by atoms with Crippen molar-refractivity contribution in [2.24, 2.45) is 0 Å². The molecule has 0 unspecified atom stereocenters. The van der Waals surface area contributed by atoms with Gasteiger partial charge in [0.15, 0.2) is 17.5 Å². The predicted molar refractivity (Wildman–Crippen MR) is 283 cm³/mol. The number of nitrogens with zero attached hydrogens (tertiary/aromatic N) is 4. The highest BCUT2D eigenvalue weighted by Gasteiger charge is 2.22. The van der Waals surface area contributed by atoms with E-state index in [9.17, 15) is 0 Å². The van der Waals surface area contributed by atoms with Gasteiger partial charge in [-0.2, -0.15) is 0 Å². The molecule has 11 aromatic carbocycles. The summed E-state index contributed by atoms with van der Waals surface area (Å²) in [6.07, 6.45) is 0. The lowest BCUT2D eigenvalue weighted by molar-refractivity contribution is 0.668. The number of fused-ring (bicyclic) bond motifs is 13. The third-order valence-corrected chi connectivity index (χ3v) is 14.0. The molecule has 320 valence electrons. The van der Waals surface area contributed by atoms with Crippen molar-refractivity contribution in [3.8, 4) is 51.0 Å². The predicted octanol–water partition coefficient (Wildman–Crippen LogP) is 16.9. The first-order valence-electron chi connectivity index (χ1n) is 23.2. The van der Waals surface area contributed by atoms with Gasteiger partial charge in [0.2, 0.25) is 0 Å². The summed E-state index contributed by atoms with van der Waals surface area (Å²) in [6.45, 7) is 0. The van der Waals surface area contributed by atoms with E-state index < -0.39 is 0 Å². The molecule has 0 saturated carbocycles. The van der Waals surface area contributed by atoms with Crippen LogP contribution in [-0.2, 0) is 0 Å². The standard InChI is InChI=1S/C63H36N4O2/c1-2-12-37(13-3-1)38-22-24-39(25-23-38)61-64-62(44-26-29-58-52(32-44)46-18-8-10-20-56(46)68-58)66-63(65-61)53-36-59-60(48-19-9-11-21-57(48)69-59)47-28-27-45(35-49(47)53)67-54-33-42-16-6-4-14-40(42)30-50(54)51-31-41-15-5-7-17-43(41)34-55(51)67/h1-36H. The molecule has 0 aliphatic heterocycles. The van der Waals surface area contributed by atoms with Crippen LogP contribution >= 0.6 is 0 Å². The van der Waals surface area contributed by atoms with Crippen LogP contribution in [0.15, 0.2) is 227 Å². The van der Waals surface area contributed by atoms with Gasteiger partial charge in [-0.15, -0.1) is 0 Å². The van der Waals surface area contributed by atoms with Crippen molar-refractivity contribution in [1.29, 1.82) is 0 Å². The zero-order valence-corrected chi connectivity index (χ0v) is 36.9. The topological polar surface area (TPSA) is 69.9 Å². The van der Waals surface area contributed by atoms with E-state index in [1.807, 2.05) is 48.5 Å². The molecule has 0 bridgehead atoms. The lowest BCUT2D eigenvalue weighted by atomic mass is 9.97. The Kier molecular flexibility index (Phi) is 7.97. The van der Waals surface area contributed by atoms with E-state index in [1.54, 1.807) is 0 Å². The molecular weight excluding hydrogens is 845 g/mol. The highest BCUT2D eigenvalue weighted by atomic mass is 16.3. The van der Waals surface area contributed by atoms with Crippen molar-refractivity contribution in [3.63, 3.8) is 0 Å². The van der Waals surface area contributed by atoms with E-state index in [4.69, 9.17) is 23.8 Å². The van der Waals surface area contributed by atoms with E-state index >= 15 is 0 Å². The second-order valence-corrected chi connectivity index (χ2v) is 18.0. The zero-order valence-electron chi connectivity index (χ0n) is 36.9. The van der Waals surface area contributed by atoms with Crippen LogP contribution < -0.4 is 0 Å². The quantitative estimate of drug-likeness (QED) is 0.172. The lowest BCUT2D eigenvalue weighted by Gasteiger charge is -2.14. The molecule has 4 heterocycles. The van der Waals surface area contributed by atoms with Gasteiger partial charge in [-0.05, 0) is 116 Å². The summed E-state index contributed by atoms with van der Waals surface area (Å²) < 4.78 is 15.4. The summed E-state index contributed by atoms with van der Waals surface area (Å²) >= 11 is 0. The Hall–Kier alpha value is -9.39. The van der Waals surface area contributed by atoms with E-state index in [0.717, 1.165) is 99.2 Å². The first-order valence-corrected chi connectivity index (χ1v) is 23.2. The summed E-state index contributed by atoms with van der Waals surface area (Å²) in [5, 5.41) is 13.4. The maximum atomic E-state index is 6.70. The van der Waals surface area contributed by atoms with Crippen molar-refractivity contribution < 1.29 is 8.83 Å². The Morgan fingerprint density at radius 2 is 0.812 bits per heavy atom. The van der Waals surface area contributed by atoms with Gasteiger partial charge in [0, 0.05) is 54.7 Å². The van der Waals surface area contributed by atoms with E-state index in [0.29, 0.717) is 17.5 Å². The van der Waals surface area contributed by atoms with Crippen LogP contribution in [0.3, 0.4) is 0 Å². The smallest absolute Gasteiger partial charge is 0.164 e. The van der Waals surface area contributed by atoms with Gasteiger partial charge in [-0.25, -0.2) is 15.0 Å². The van der Waals surface area contributed by atoms with Gasteiger partial charge >= 0.3 is 0 Å². The number of rotatable bonds is 5. The fourth-order valence-corrected chi connectivity index (χ4v) is 10.7. The van der Waals surface area contributed by atoms with Gasteiger partial charge in [0.1, 0.15) is 22.3 Å². The normalized spacial score (nSPS) is 12.1. The molecule has 4 aromatic heterocycles. The minimum Gasteiger partial charge on any atom is -0.456 e. The summed E-state index contributed by atoms with van der Waals surface area (Å²) in [6, 6.07) is 77.1. The van der Waals surface area contributed by atoms with E-state index in [2.05, 4.69) is 174 Å². The Bertz CT molecular complexity index is 4510. The molecule has 15 aromatic rings. The Morgan fingerprint density at radius 1 is 0.290 bits per heavy atom. The van der Waals surface area contributed by atoms with Crippen LogP contribution in [0.25, 0.3) is 149 Å². The average molecular weight is 881 g/mol. The monoisotopic (exact) mass is 880 g/mol. The molecule has 0 N–H and O–H groups in total. The molecule has 0 fully saturated rings. The first-order chi connectivity index (χ1) is 34.1. The molecule has 0 aliphatic rings. The number of furan rings is 2. The maximum Gasteiger partial charge on any atom is 0.164 e. The third kappa shape index (κ3) is 5.89. The molecule has 69 heavy (non-hydrogen) atoms. The van der Waals surface area contributed by atoms with Crippen molar-refractivity contribution in [2.75, 3.05) is 0 Å². The van der Waals surface area contributed by atoms with Crippen LogP contribution in [0.5, 0.6) is 0 Å². The number of hydrogen-bond acceptors (Lipinski definition) is 5. The van der Waals surface area contributed by atoms with Crippen LogP contribution in [0.2, 0.25) is 0 Å². The van der Waals surface area contributed by atoms with E-state index in [1.165, 1.54) is 32.3 Å². The first kappa shape index (κ1) is 37.8. The lowest BCUT2D eigenvalue weighted by Crippen LogP contribution is -2.01. The number of para-hydroxylation sites is 2. The van der Waals surface area contributed by atoms with Crippen molar-refractivity contribution in [1.82, 2.24) is 19.5 Å². The molecule has 0 atom stereocenters. The second kappa shape index (κ2) is 14.6. The van der Waals surface area contributed by atoms with Gasteiger partial charge in [0.05, 0.1) is 11.0 Å². The summed E-state index contributed by atoms with van der Waals surface area (Å²) in [5.74, 6) is 1.68. The molecule has 0 saturated heterocycles. The van der Waals surface area contributed by atoms with Crippen molar-refractivity contribution in [3.05, 3.63) is 218 Å². The fourth-order valence-electron chi connectivity index (χ4n) is 10.7. The molecule has 15 rings (SSSR count). The molecular formula is C63H36N4O2. The molecule has 0 spiro atoms. The molecule has 0 radical (unpaired) electrons.